The van der Waals surface area contributed by atoms with Crippen molar-refractivity contribution >= 4 is 16.8 Å². The number of carbonyl (C=O) groups excluding carboxylic acids is 1. The van der Waals surface area contributed by atoms with Crippen LogP contribution in [0.1, 0.15) is 34.6 Å². The highest BCUT2D eigenvalue weighted by Gasteiger charge is 2.51. The van der Waals surface area contributed by atoms with Gasteiger partial charge >= 0.3 is 11.9 Å². The van der Waals surface area contributed by atoms with E-state index in [9.17, 15) is 17.8 Å². The maximum atomic E-state index is 13.5. The summed E-state index contributed by atoms with van der Waals surface area (Å²) in [5.74, 6) is -5.33. The fourth-order valence-corrected chi connectivity index (χ4v) is 2.48. The van der Waals surface area contributed by atoms with Crippen molar-refractivity contribution in [2.45, 2.75) is 50.5 Å². The van der Waals surface area contributed by atoms with Crippen LogP contribution in [0, 0.1) is 0 Å². The van der Waals surface area contributed by atoms with Gasteiger partial charge in [0.15, 0.2) is 0 Å². The molecule has 0 rings (SSSR count). The van der Waals surface area contributed by atoms with Gasteiger partial charge in [0.1, 0.15) is 5.25 Å². The maximum Gasteiger partial charge on any atom is 0.378 e. The Morgan fingerprint density at radius 2 is 1.81 bits per heavy atom. The summed E-state index contributed by atoms with van der Waals surface area (Å²) in [6.07, 6.45) is 0. The lowest BCUT2D eigenvalue weighted by atomic mass is 10.2. The molecule has 96 valence electrons. The van der Waals surface area contributed by atoms with Crippen molar-refractivity contribution in [1.82, 2.24) is 0 Å². The minimum Gasteiger partial charge on any atom is -0.462 e. The van der Waals surface area contributed by atoms with Gasteiger partial charge in [-0.25, -0.2) is 4.79 Å². The third kappa shape index (κ3) is 3.50. The molecule has 2 atom stereocenters. The summed E-state index contributed by atoms with van der Waals surface area (Å²) in [6, 6.07) is 0. The third-order valence-corrected chi connectivity index (χ3v) is 4.13. The Labute approximate surface area is 97.0 Å². The molecule has 0 amide bonds. The monoisotopic (exact) mass is 256 g/mol. The quantitative estimate of drug-likeness (QED) is 0.724. The van der Waals surface area contributed by atoms with Gasteiger partial charge in [0, 0.05) is 15.5 Å². The number of hydrogen-bond acceptors (Lipinski definition) is 3. The number of esters is 1. The smallest absolute Gasteiger partial charge is 0.378 e. The summed E-state index contributed by atoms with van der Waals surface area (Å²) < 4.78 is 42.2. The molecule has 0 aromatic carbocycles. The molecule has 0 aliphatic carbocycles. The first-order valence-electron chi connectivity index (χ1n) is 5.00. The van der Waals surface area contributed by atoms with Crippen molar-refractivity contribution in [3.8, 4) is 0 Å². The second-order valence-electron chi connectivity index (χ2n) is 4.40. The normalized spacial score (nSPS) is 16.7. The summed E-state index contributed by atoms with van der Waals surface area (Å²) in [7, 11) is -1.83. The highest BCUT2D eigenvalue weighted by Crippen LogP contribution is 2.29. The van der Waals surface area contributed by atoms with Gasteiger partial charge in [-0.05, 0) is 34.6 Å². The lowest BCUT2D eigenvalue weighted by Gasteiger charge is -2.27. The lowest BCUT2D eigenvalue weighted by Crippen LogP contribution is -2.47. The fraction of sp³-hybridized carbons (Fsp3) is 0.900. The molecule has 0 N–H and O–H groups in total. The van der Waals surface area contributed by atoms with Gasteiger partial charge in [0.2, 0.25) is 0 Å². The van der Waals surface area contributed by atoms with Crippen LogP contribution in [0.2, 0.25) is 0 Å². The molecular weight excluding hydrogens is 238 g/mol. The van der Waals surface area contributed by atoms with Crippen molar-refractivity contribution in [1.29, 1.82) is 0 Å². The van der Waals surface area contributed by atoms with E-state index in [1.54, 1.807) is 20.8 Å². The average molecular weight is 256 g/mol. The van der Waals surface area contributed by atoms with Gasteiger partial charge in [0.05, 0.1) is 6.61 Å². The molecular formula is C10H18F2O3S. The summed E-state index contributed by atoms with van der Waals surface area (Å²) >= 11 is 0. The second-order valence-corrected chi connectivity index (χ2v) is 6.92. The van der Waals surface area contributed by atoms with E-state index < -0.39 is 32.7 Å². The average Bonchev–Trinajstić information content (AvgIpc) is 2.14. The molecule has 0 saturated heterocycles. The SMILES string of the molecule is CCOC(=O)C(F)(F)[C@@H](C)[S@@](=O)C(C)(C)C. The fourth-order valence-electron chi connectivity index (χ4n) is 1.06. The van der Waals surface area contributed by atoms with E-state index in [2.05, 4.69) is 4.74 Å². The van der Waals surface area contributed by atoms with E-state index in [0.29, 0.717) is 0 Å². The molecule has 0 fully saturated rings. The summed E-state index contributed by atoms with van der Waals surface area (Å²) in [6.45, 7) is 7.17. The molecule has 0 aliphatic heterocycles. The summed E-state index contributed by atoms with van der Waals surface area (Å²) in [5, 5.41) is -1.56. The van der Waals surface area contributed by atoms with Gasteiger partial charge in [0.25, 0.3) is 0 Å². The van der Waals surface area contributed by atoms with E-state index >= 15 is 0 Å². The summed E-state index contributed by atoms with van der Waals surface area (Å²) in [5.41, 5.74) is 0. The number of carbonyl (C=O) groups is 1. The maximum absolute atomic E-state index is 13.5. The van der Waals surface area contributed by atoms with Crippen LogP contribution < -0.4 is 0 Å². The number of halogens is 2. The van der Waals surface area contributed by atoms with Crippen LogP contribution in [0.4, 0.5) is 8.78 Å². The number of rotatable bonds is 4. The zero-order valence-corrected chi connectivity index (χ0v) is 11.0. The van der Waals surface area contributed by atoms with E-state index in [-0.39, 0.29) is 6.61 Å². The molecule has 6 heteroatoms. The van der Waals surface area contributed by atoms with Gasteiger partial charge in [-0.1, -0.05) is 0 Å². The van der Waals surface area contributed by atoms with Gasteiger partial charge < -0.3 is 4.74 Å². The molecule has 0 unspecified atom stereocenters. The van der Waals surface area contributed by atoms with Crippen LogP contribution in [-0.2, 0) is 20.3 Å². The molecule has 0 spiro atoms. The van der Waals surface area contributed by atoms with Crippen LogP contribution in [0.15, 0.2) is 0 Å². The molecule has 3 nitrogen and oxygen atoms in total. The molecule has 0 radical (unpaired) electrons. The highest BCUT2D eigenvalue weighted by molar-refractivity contribution is 7.87. The standard InChI is InChI=1S/C10H18F2O3S/c1-6-15-8(13)10(11,12)7(2)16(14)9(3,4)5/h7H,6H2,1-5H3/t7-,16-/m1/s1. The van der Waals surface area contributed by atoms with Crippen molar-refractivity contribution in [3.05, 3.63) is 0 Å². The summed E-state index contributed by atoms with van der Waals surface area (Å²) in [4.78, 5) is 11.0. The van der Waals surface area contributed by atoms with Crippen molar-refractivity contribution in [3.63, 3.8) is 0 Å². The Hall–Kier alpha value is -0.520. The van der Waals surface area contributed by atoms with E-state index in [1.165, 1.54) is 6.92 Å². The highest BCUT2D eigenvalue weighted by atomic mass is 32.2. The minimum absolute atomic E-state index is 0.122. The van der Waals surface area contributed by atoms with Gasteiger partial charge in [-0.15, -0.1) is 0 Å². The van der Waals surface area contributed by atoms with Gasteiger partial charge in [-0.3, -0.25) is 4.21 Å². The molecule has 0 aromatic heterocycles. The topological polar surface area (TPSA) is 43.4 Å². The number of hydrogen-bond donors (Lipinski definition) is 0. The first kappa shape index (κ1) is 15.5. The van der Waals surface area contributed by atoms with Crippen molar-refractivity contribution in [2.75, 3.05) is 6.61 Å². The van der Waals surface area contributed by atoms with E-state index in [1.807, 2.05) is 0 Å². The molecule has 16 heavy (non-hydrogen) atoms. The Bertz CT molecular complexity index is 284. The van der Waals surface area contributed by atoms with Crippen molar-refractivity contribution in [2.24, 2.45) is 0 Å². The third-order valence-electron chi connectivity index (χ3n) is 1.98. The predicted molar refractivity (Wildman–Crippen MR) is 58.9 cm³/mol. The molecule has 0 bridgehead atoms. The van der Waals surface area contributed by atoms with Crippen LogP contribution in [0.5, 0.6) is 0 Å². The van der Waals surface area contributed by atoms with E-state index in [0.717, 1.165) is 6.92 Å². The van der Waals surface area contributed by atoms with E-state index in [4.69, 9.17) is 0 Å². The Morgan fingerprint density at radius 3 is 2.12 bits per heavy atom. The lowest BCUT2D eigenvalue weighted by molar-refractivity contribution is -0.170. The molecule has 0 saturated carbocycles. The Balaban J connectivity index is 4.90. The second kappa shape index (κ2) is 5.21. The van der Waals surface area contributed by atoms with Crippen LogP contribution in [0.3, 0.4) is 0 Å². The zero-order chi connectivity index (χ0) is 13.1. The number of ether oxygens (including phenoxy) is 1. The molecule has 0 aromatic rings. The first-order valence-corrected chi connectivity index (χ1v) is 6.22. The van der Waals surface area contributed by atoms with Gasteiger partial charge in [-0.2, -0.15) is 8.78 Å². The zero-order valence-electron chi connectivity index (χ0n) is 10.2. The van der Waals surface area contributed by atoms with Crippen molar-refractivity contribution < 1.29 is 22.5 Å². The van der Waals surface area contributed by atoms with Crippen LogP contribution in [0.25, 0.3) is 0 Å². The van der Waals surface area contributed by atoms with Crippen LogP contribution >= 0.6 is 0 Å². The Kier molecular flexibility index (Phi) is 5.04. The number of alkyl halides is 2. The minimum atomic E-state index is -3.71. The van der Waals surface area contributed by atoms with Crippen LogP contribution in [-0.4, -0.2) is 32.7 Å². The largest absolute Gasteiger partial charge is 0.462 e. The first-order chi connectivity index (χ1) is 7.05. The molecule has 0 heterocycles. The predicted octanol–water partition coefficient (Wildman–Crippen LogP) is 2.12. The molecule has 0 aliphatic rings. The Morgan fingerprint density at radius 1 is 1.38 bits per heavy atom.